The lowest BCUT2D eigenvalue weighted by Crippen LogP contribution is -2.40. The van der Waals surface area contributed by atoms with Crippen molar-refractivity contribution in [1.29, 1.82) is 5.26 Å². The fourth-order valence-electron chi connectivity index (χ4n) is 4.06. The molecule has 0 radical (unpaired) electrons. The Hall–Kier alpha value is -3.68. The third-order valence-corrected chi connectivity index (χ3v) is 7.04. The summed E-state index contributed by atoms with van der Waals surface area (Å²) in [6.45, 7) is 5.15. The van der Waals surface area contributed by atoms with Gasteiger partial charge in [-0.05, 0) is 51.1 Å². The van der Waals surface area contributed by atoms with Gasteiger partial charge in [0.15, 0.2) is 11.4 Å². The number of halogens is 1. The van der Waals surface area contributed by atoms with Gasteiger partial charge in [0.1, 0.15) is 23.6 Å². The minimum atomic E-state index is -0.817. The first kappa shape index (κ1) is 26.4. The Labute approximate surface area is 225 Å². The van der Waals surface area contributed by atoms with E-state index in [0.717, 1.165) is 4.47 Å². The summed E-state index contributed by atoms with van der Waals surface area (Å²) in [4.78, 5) is 32.2. The molecule has 1 aromatic heterocycles. The van der Waals surface area contributed by atoms with Crippen LogP contribution in [-0.2, 0) is 9.53 Å². The number of esters is 1. The smallest absolute Gasteiger partial charge is 0.338 e. The molecule has 0 saturated carbocycles. The summed E-state index contributed by atoms with van der Waals surface area (Å²) < 4.78 is 19.4. The number of carbonyl (C=O) groups is 1. The highest BCUT2D eigenvalue weighted by molar-refractivity contribution is 9.10. The lowest BCUT2D eigenvalue weighted by Gasteiger charge is -2.26. The summed E-state index contributed by atoms with van der Waals surface area (Å²) in [5, 5.41) is 8.91. The van der Waals surface area contributed by atoms with E-state index in [0.29, 0.717) is 37.7 Å². The average Bonchev–Trinajstić information content (AvgIpc) is 3.16. The van der Waals surface area contributed by atoms with Gasteiger partial charge in [-0.25, -0.2) is 9.79 Å². The van der Waals surface area contributed by atoms with Crippen molar-refractivity contribution < 1.29 is 19.0 Å². The molecule has 0 spiro atoms. The molecule has 1 atom stereocenters. The maximum atomic E-state index is 13.9. The number of fused-ring (bicyclic) bond motifs is 1. The average molecular weight is 582 g/mol. The number of benzene rings is 2. The van der Waals surface area contributed by atoms with Crippen LogP contribution in [0.5, 0.6) is 11.5 Å². The topological polar surface area (TPSA) is 103 Å². The molecule has 190 valence electrons. The van der Waals surface area contributed by atoms with Gasteiger partial charge in [-0.15, -0.1) is 0 Å². The first-order valence-electron chi connectivity index (χ1n) is 11.4. The van der Waals surface area contributed by atoms with Gasteiger partial charge >= 0.3 is 5.97 Å². The zero-order chi connectivity index (χ0) is 26.7. The van der Waals surface area contributed by atoms with E-state index in [-0.39, 0.29) is 23.8 Å². The summed E-state index contributed by atoms with van der Waals surface area (Å²) in [6, 6.07) is 13.7. The minimum Gasteiger partial charge on any atom is -0.496 e. The zero-order valence-electron chi connectivity index (χ0n) is 20.6. The van der Waals surface area contributed by atoms with Gasteiger partial charge in [0, 0.05) is 15.6 Å². The van der Waals surface area contributed by atoms with E-state index in [9.17, 15) is 9.59 Å². The first-order chi connectivity index (χ1) is 17.7. The highest BCUT2D eigenvalue weighted by Gasteiger charge is 2.35. The van der Waals surface area contributed by atoms with Gasteiger partial charge < -0.3 is 14.2 Å². The molecule has 4 rings (SSSR count). The van der Waals surface area contributed by atoms with Gasteiger partial charge in [-0.1, -0.05) is 45.5 Å². The Kier molecular flexibility index (Phi) is 7.95. The number of hydrogen-bond acceptors (Lipinski definition) is 8. The molecule has 2 heterocycles. The van der Waals surface area contributed by atoms with Crippen LogP contribution >= 0.6 is 27.3 Å². The van der Waals surface area contributed by atoms with Crippen LogP contribution in [0.15, 0.2) is 68.0 Å². The maximum absolute atomic E-state index is 13.9. The van der Waals surface area contributed by atoms with Gasteiger partial charge in [0.05, 0.1) is 29.0 Å². The molecule has 1 aliphatic heterocycles. The molecular weight excluding hydrogens is 558 g/mol. The Morgan fingerprint density at radius 2 is 2.03 bits per heavy atom. The lowest BCUT2D eigenvalue weighted by atomic mass is 9.95. The molecule has 0 aliphatic carbocycles. The van der Waals surface area contributed by atoms with Crippen molar-refractivity contribution in [3.05, 3.63) is 89.0 Å². The van der Waals surface area contributed by atoms with Crippen LogP contribution in [0, 0.1) is 11.3 Å². The Morgan fingerprint density at radius 1 is 1.27 bits per heavy atom. The second-order valence-electron chi connectivity index (χ2n) is 8.41. The molecule has 0 bridgehead atoms. The molecule has 0 unspecified atom stereocenters. The summed E-state index contributed by atoms with van der Waals surface area (Å²) in [7, 11) is 1.54. The predicted octanol–water partition coefficient (Wildman–Crippen LogP) is 3.86. The number of thiazole rings is 1. The van der Waals surface area contributed by atoms with E-state index in [2.05, 4.69) is 20.9 Å². The van der Waals surface area contributed by atoms with Crippen molar-refractivity contribution in [3.63, 3.8) is 0 Å². The van der Waals surface area contributed by atoms with Gasteiger partial charge in [0.25, 0.3) is 5.56 Å². The Balaban J connectivity index is 1.98. The van der Waals surface area contributed by atoms with Crippen molar-refractivity contribution in [2.45, 2.75) is 32.9 Å². The van der Waals surface area contributed by atoms with Crippen molar-refractivity contribution >= 4 is 39.3 Å². The molecule has 37 heavy (non-hydrogen) atoms. The van der Waals surface area contributed by atoms with Crippen molar-refractivity contribution in [2.24, 2.45) is 4.99 Å². The summed E-state index contributed by atoms with van der Waals surface area (Å²) in [6.07, 6.45) is 1.35. The molecule has 0 amide bonds. The van der Waals surface area contributed by atoms with Crippen LogP contribution in [-0.4, -0.2) is 30.4 Å². The van der Waals surface area contributed by atoms with Gasteiger partial charge in [-0.3, -0.25) is 9.36 Å². The van der Waals surface area contributed by atoms with E-state index in [1.807, 2.05) is 24.3 Å². The van der Waals surface area contributed by atoms with E-state index >= 15 is 0 Å². The highest BCUT2D eigenvalue weighted by atomic mass is 79.9. The molecule has 10 heteroatoms. The van der Waals surface area contributed by atoms with Crippen molar-refractivity contribution in [3.8, 4) is 17.6 Å². The fraction of sp³-hybridized carbons (Fsp3) is 0.259. The second-order valence-corrected chi connectivity index (χ2v) is 10.3. The standard InChI is InChI=1S/C27H24BrN3O5S/c1-15(2)36-26(33)23-16(3)30-27-31(24(23)19-14-18(28)9-10-21(19)34-4)25(32)22(37-27)13-17-7-5-6-8-20(17)35-12-11-29/h5-10,13-15,24H,12H2,1-4H3/b22-13-/t24-/m1/s1. The van der Waals surface area contributed by atoms with Crippen LogP contribution in [0.4, 0.5) is 0 Å². The summed E-state index contributed by atoms with van der Waals surface area (Å²) in [5.41, 5.74) is 1.67. The maximum Gasteiger partial charge on any atom is 0.338 e. The summed E-state index contributed by atoms with van der Waals surface area (Å²) >= 11 is 4.71. The third-order valence-electron chi connectivity index (χ3n) is 5.57. The number of hydrogen-bond donors (Lipinski definition) is 0. The molecular formula is C27H24BrN3O5S. The van der Waals surface area contributed by atoms with E-state index in [4.69, 9.17) is 19.5 Å². The Morgan fingerprint density at radius 3 is 2.73 bits per heavy atom. The molecule has 8 nitrogen and oxygen atoms in total. The zero-order valence-corrected chi connectivity index (χ0v) is 23.1. The quantitative estimate of drug-likeness (QED) is 0.392. The van der Waals surface area contributed by atoms with E-state index in [1.54, 1.807) is 51.1 Å². The van der Waals surface area contributed by atoms with Crippen LogP contribution in [0.2, 0.25) is 0 Å². The van der Waals surface area contributed by atoms with Gasteiger partial charge in [-0.2, -0.15) is 5.26 Å². The number of methoxy groups -OCH3 is 1. The highest BCUT2D eigenvalue weighted by Crippen LogP contribution is 2.37. The number of carbonyl (C=O) groups excluding carboxylic acids is 1. The normalized spacial score (nSPS) is 15.2. The number of nitrogens with zero attached hydrogens (tertiary/aromatic N) is 3. The predicted molar refractivity (Wildman–Crippen MR) is 143 cm³/mol. The van der Waals surface area contributed by atoms with Crippen molar-refractivity contribution in [2.75, 3.05) is 13.7 Å². The summed E-state index contributed by atoms with van der Waals surface area (Å²) in [5.74, 6) is 0.452. The number of rotatable bonds is 7. The third kappa shape index (κ3) is 5.38. The number of ether oxygens (including phenoxy) is 3. The monoisotopic (exact) mass is 581 g/mol. The van der Waals surface area contributed by atoms with Crippen molar-refractivity contribution in [1.82, 2.24) is 4.57 Å². The van der Waals surface area contributed by atoms with E-state index < -0.39 is 12.0 Å². The number of nitriles is 1. The number of allylic oxidation sites excluding steroid dienone is 1. The second kappa shape index (κ2) is 11.2. The first-order valence-corrected chi connectivity index (χ1v) is 13.0. The number of para-hydroxylation sites is 1. The van der Waals surface area contributed by atoms with Gasteiger partial charge in [0.2, 0.25) is 0 Å². The molecule has 2 aromatic carbocycles. The lowest BCUT2D eigenvalue weighted by molar-refractivity contribution is -0.143. The van der Waals surface area contributed by atoms with Crippen LogP contribution in [0.1, 0.15) is 37.9 Å². The van der Waals surface area contributed by atoms with E-state index in [1.165, 1.54) is 23.0 Å². The van der Waals surface area contributed by atoms with Crippen LogP contribution in [0.25, 0.3) is 6.08 Å². The molecule has 1 aliphatic rings. The van der Waals surface area contributed by atoms with Crippen LogP contribution in [0.3, 0.4) is 0 Å². The molecule has 0 N–H and O–H groups in total. The SMILES string of the molecule is COc1ccc(Br)cc1[C@@H]1C(C(=O)OC(C)C)=C(C)N=c2s/c(=C\c3ccccc3OCC#N)c(=O)n21. The van der Waals surface area contributed by atoms with Crippen LogP contribution < -0.4 is 24.4 Å². The fourth-order valence-corrected chi connectivity index (χ4v) is 5.47. The molecule has 0 saturated heterocycles. The minimum absolute atomic E-state index is 0.116. The number of aromatic nitrogens is 1. The largest absolute Gasteiger partial charge is 0.496 e. The Bertz CT molecular complexity index is 1610. The molecule has 0 fully saturated rings. The molecule has 3 aromatic rings.